The van der Waals surface area contributed by atoms with Crippen LogP contribution in [0.25, 0.3) is 0 Å². The van der Waals surface area contributed by atoms with Gasteiger partial charge >= 0.3 is 6.18 Å². The Bertz CT molecular complexity index is 751. The van der Waals surface area contributed by atoms with Crippen LogP contribution in [-0.4, -0.2) is 15.3 Å². The fourth-order valence-electron chi connectivity index (χ4n) is 2.16. The predicted molar refractivity (Wildman–Crippen MR) is 81.4 cm³/mol. The SMILES string of the molecule is O=c1[nH]c(C(O)c2ccc(SC3CC3)cc2)ccc1C(F)(F)F. The molecule has 7 heteroatoms. The summed E-state index contributed by atoms with van der Waals surface area (Å²) in [5.74, 6) is 0. The summed E-state index contributed by atoms with van der Waals surface area (Å²) in [4.78, 5) is 14.7. The number of aromatic nitrogens is 1. The summed E-state index contributed by atoms with van der Waals surface area (Å²) in [5, 5.41) is 10.9. The summed E-state index contributed by atoms with van der Waals surface area (Å²) in [7, 11) is 0. The van der Waals surface area contributed by atoms with Crippen molar-refractivity contribution in [2.24, 2.45) is 0 Å². The number of hydrogen-bond acceptors (Lipinski definition) is 3. The zero-order valence-corrected chi connectivity index (χ0v) is 12.7. The minimum atomic E-state index is -4.71. The summed E-state index contributed by atoms with van der Waals surface area (Å²) < 4.78 is 37.7. The molecule has 2 N–H and O–H groups in total. The fourth-order valence-corrected chi connectivity index (χ4v) is 3.21. The van der Waals surface area contributed by atoms with Gasteiger partial charge < -0.3 is 10.1 Å². The Kier molecular flexibility index (Phi) is 4.25. The lowest BCUT2D eigenvalue weighted by Crippen LogP contribution is -2.23. The molecule has 1 atom stereocenters. The van der Waals surface area contributed by atoms with Crippen LogP contribution in [0, 0.1) is 0 Å². The van der Waals surface area contributed by atoms with Crippen LogP contribution in [0.1, 0.15) is 35.8 Å². The van der Waals surface area contributed by atoms with Gasteiger partial charge in [0.05, 0.1) is 5.69 Å². The molecule has 1 aliphatic carbocycles. The van der Waals surface area contributed by atoms with E-state index in [1.54, 1.807) is 23.9 Å². The highest BCUT2D eigenvalue weighted by Gasteiger charge is 2.34. The lowest BCUT2D eigenvalue weighted by molar-refractivity contribution is -0.138. The third kappa shape index (κ3) is 3.79. The first-order valence-corrected chi connectivity index (χ1v) is 7.97. The highest BCUT2D eigenvalue weighted by atomic mass is 32.2. The van der Waals surface area contributed by atoms with Gasteiger partial charge in [-0.25, -0.2) is 0 Å². The van der Waals surface area contributed by atoms with Gasteiger partial charge in [-0.1, -0.05) is 12.1 Å². The van der Waals surface area contributed by atoms with E-state index in [4.69, 9.17) is 0 Å². The normalized spacial score (nSPS) is 16.3. The van der Waals surface area contributed by atoms with E-state index in [2.05, 4.69) is 4.98 Å². The first-order chi connectivity index (χ1) is 10.8. The second-order valence-corrected chi connectivity index (χ2v) is 6.82. The lowest BCUT2D eigenvalue weighted by atomic mass is 10.1. The van der Waals surface area contributed by atoms with Crippen LogP contribution in [0.3, 0.4) is 0 Å². The summed E-state index contributed by atoms with van der Waals surface area (Å²) in [6.45, 7) is 0. The van der Waals surface area contributed by atoms with Gasteiger partial charge in [-0.3, -0.25) is 4.79 Å². The number of nitrogens with one attached hydrogen (secondary N) is 1. The molecule has 0 bridgehead atoms. The van der Waals surface area contributed by atoms with Crippen molar-refractivity contribution in [3.05, 3.63) is 63.6 Å². The van der Waals surface area contributed by atoms with E-state index in [0.717, 1.165) is 11.0 Å². The molecule has 1 saturated carbocycles. The zero-order valence-electron chi connectivity index (χ0n) is 11.9. The molecule has 1 aromatic carbocycles. The molecule has 0 saturated heterocycles. The maximum Gasteiger partial charge on any atom is 0.421 e. The topological polar surface area (TPSA) is 53.1 Å². The number of thioether (sulfide) groups is 1. The van der Waals surface area contributed by atoms with Crippen LogP contribution in [0.2, 0.25) is 0 Å². The minimum absolute atomic E-state index is 0.0330. The van der Waals surface area contributed by atoms with Crippen molar-refractivity contribution >= 4 is 11.8 Å². The zero-order chi connectivity index (χ0) is 16.6. The fraction of sp³-hybridized carbons (Fsp3) is 0.312. The third-order valence-electron chi connectivity index (χ3n) is 3.56. The van der Waals surface area contributed by atoms with Gasteiger partial charge in [0, 0.05) is 10.1 Å². The molecule has 3 rings (SSSR count). The number of hydrogen-bond donors (Lipinski definition) is 2. The molecule has 2 aromatic rings. The van der Waals surface area contributed by atoms with Gasteiger partial charge in [0.1, 0.15) is 11.7 Å². The molecule has 3 nitrogen and oxygen atoms in total. The van der Waals surface area contributed by atoms with E-state index < -0.39 is 23.4 Å². The van der Waals surface area contributed by atoms with Gasteiger partial charge in [0.2, 0.25) is 0 Å². The maximum absolute atomic E-state index is 12.6. The molecule has 23 heavy (non-hydrogen) atoms. The Balaban J connectivity index is 1.80. The highest BCUT2D eigenvalue weighted by Crippen LogP contribution is 2.39. The number of aliphatic hydroxyl groups is 1. The Morgan fingerprint density at radius 2 is 1.78 bits per heavy atom. The summed E-state index contributed by atoms with van der Waals surface area (Å²) >= 11 is 1.77. The summed E-state index contributed by atoms with van der Waals surface area (Å²) in [6, 6.07) is 8.93. The molecule has 0 spiro atoms. The van der Waals surface area contributed by atoms with Crippen LogP contribution in [0.5, 0.6) is 0 Å². The standard InChI is InChI=1S/C16H14F3NO2S/c17-16(18,19)12-7-8-13(20-15(12)22)14(21)9-1-3-10(4-2-9)23-11-5-6-11/h1-4,7-8,11,14,21H,5-6H2,(H,20,22). The first-order valence-electron chi connectivity index (χ1n) is 7.09. The van der Waals surface area contributed by atoms with E-state index in [1.165, 1.54) is 12.8 Å². The number of aliphatic hydroxyl groups excluding tert-OH is 1. The Hall–Kier alpha value is -1.73. The molecular weight excluding hydrogens is 327 g/mol. The molecule has 1 aliphatic rings. The smallest absolute Gasteiger partial charge is 0.382 e. The van der Waals surface area contributed by atoms with Crippen molar-refractivity contribution in [3.63, 3.8) is 0 Å². The number of benzene rings is 1. The monoisotopic (exact) mass is 341 g/mol. The second-order valence-electron chi connectivity index (χ2n) is 5.44. The molecule has 0 aliphatic heterocycles. The molecule has 122 valence electrons. The van der Waals surface area contributed by atoms with Crippen molar-refractivity contribution in [1.29, 1.82) is 0 Å². The number of alkyl halides is 3. The second kappa shape index (κ2) is 6.05. The number of pyridine rings is 1. The van der Waals surface area contributed by atoms with Gasteiger partial charge in [-0.05, 0) is 42.7 Å². The molecule has 1 heterocycles. The molecule has 1 aromatic heterocycles. The van der Waals surface area contributed by atoms with Crippen molar-refractivity contribution in [3.8, 4) is 0 Å². The van der Waals surface area contributed by atoms with Crippen LogP contribution in [0.4, 0.5) is 13.2 Å². The van der Waals surface area contributed by atoms with E-state index in [-0.39, 0.29) is 5.69 Å². The molecular formula is C16H14F3NO2S. The number of aromatic amines is 1. The van der Waals surface area contributed by atoms with Crippen molar-refractivity contribution in [1.82, 2.24) is 4.98 Å². The predicted octanol–water partition coefficient (Wildman–Crippen LogP) is 3.73. The quantitative estimate of drug-likeness (QED) is 0.891. The van der Waals surface area contributed by atoms with E-state index in [9.17, 15) is 23.1 Å². The van der Waals surface area contributed by atoms with Crippen LogP contribution >= 0.6 is 11.8 Å². The molecule has 1 unspecified atom stereocenters. The third-order valence-corrected chi connectivity index (χ3v) is 4.90. The largest absolute Gasteiger partial charge is 0.421 e. The maximum atomic E-state index is 12.6. The Labute approximate surface area is 134 Å². The van der Waals surface area contributed by atoms with Crippen molar-refractivity contribution < 1.29 is 18.3 Å². The van der Waals surface area contributed by atoms with E-state index in [1.807, 2.05) is 12.1 Å². The average molecular weight is 341 g/mol. The number of halogens is 3. The van der Waals surface area contributed by atoms with Crippen LogP contribution in [0.15, 0.2) is 46.1 Å². The van der Waals surface area contributed by atoms with Gasteiger partial charge in [0.15, 0.2) is 0 Å². The van der Waals surface area contributed by atoms with E-state index in [0.29, 0.717) is 16.9 Å². The average Bonchev–Trinajstić information content (AvgIpc) is 3.30. The Morgan fingerprint density at radius 3 is 2.30 bits per heavy atom. The number of rotatable bonds is 4. The van der Waals surface area contributed by atoms with Crippen LogP contribution in [-0.2, 0) is 6.18 Å². The number of H-pyrrole nitrogens is 1. The van der Waals surface area contributed by atoms with Gasteiger partial charge in [-0.15, -0.1) is 11.8 Å². The van der Waals surface area contributed by atoms with Crippen molar-refractivity contribution in [2.45, 2.75) is 35.3 Å². The van der Waals surface area contributed by atoms with Crippen LogP contribution < -0.4 is 5.56 Å². The van der Waals surface area contributed by atoms with E-state index >= 15 is 0 Å². The molecule has 0 radical (unpaired) electrons. The Morgan fingerprint density at radius 1 is 1.13 bits per heavy atom. The summed E-state index contributed by atoms with van der Waals surface area (Å²) in [5.41, 5.74) is -1.98. The highest BCUT2D eigenvalue weighted by molar-refractivity contribution is 8.00. The van der Waals surface area contributed by atoms with Gasteiger partial charge in [-0.2, -0.15) is 13.2 Å². The first kappa shape index (κ1) is 16.1. The summed E-state index contributed by atoms with van der Waals surface area (Å²) in [6.07, 6.45) is -3.47. The molecule has 0 amide bonds. The van der Waals surface area contributed by atoms with Crippen molar-refractivity contribution in [2.75, 3.05) is 0 Å². The molecule has 1 fully saturated rings. The van der Waals surface area contributed by atoms with Gasteiger partial charge in [0.25, 0.3) is 5.56 Å². The minimum Gasteiger partial charge on any atom is -0.382 e. The lowest BCUT2D eigenvalue weighted by Gasteiger charge is -2.13.